The van der Waals surface area contributed by atoms with Crippen LogP contribution in [0.4, 0.5) is 4.39 Å². The molecular weight excluding hydrogens is 235 g/mol. The van der Waals surface area contributed by atoms with Crippen LogP contribution in [0, 0.1) is 17.1 Å². The van der Waals surface area contributed by atoms with Crippen LogP contribution in [-0.2, 0) is 11.3 Å². The molecule has 0 saturated heterocycles. The second-order valence-electron chi connectivity index (χ2n) is 4.02. The maximum Gasteiger partial charge on any atom is 0.317 e. The molecule has 0 heterocycles. The molecule has 18 heavy (non-hydrogen) atoms. The minimum atomic E-state index is -0.932. The zero-order valence-electron chi connectivity index (χ0n) is 10.2. The van der Waals surface area contributed by atoms with Crippen molar-refractivity contribution in [3.8, 4) is 6.07 Å². The summed E-state index contributed by atoms with van der Waals surface area (Å²) >= 11 is 0. The van der Waals surface area contributed by atoms with E-state index in [0.29, 0.717) is 17.7 Å². The van der Waals surface area contributed by atoms with E-state index in [1.165, 1.54) is 18.2 Å². The molecule has 0 spiro atoms. The van der Waals surface area contributed by atoms with E-state index in [-0.39, 0.29) is 13.1 Å². The van der Waals surface area contributed by atoms with Gasteiger partial charge >= 0.3 is 5.97 Å². The van der Waals surface area contributed by atoms with Crippen LogP contribution in [0.15, 0.2) is 18.2 Å². The first-order valence-electron chi connectivity index (χ1n) is 5.69. The van der Waals surface area contributed by atoms with Gasteiger partial charge < -0.3 is 5.11 Å². The van der Waals surface area contributed by atoms with E-state index in [0.717, 1.165) is 6.42 Å². The van der Waals surface area contributed by atoms with Gasteiger partial charge in [-0.25, -0.2) is 4.39 Å². The quantitative estimate of drug-likeness (QED) is 0.838. The number of carbonyl (C=O) groups is 1. The molecule has 0 radical (unpaired) electrons. The predicted molar refractivity (Wildman–Crippen MR) is 64.3 cm³/mol. The smallest absolute Gasteiger partial charge is 0.317 e. The Morgan fingerprint density at radius 2 is 2.28 bits per heavy atom. The summed E-state index contributed by atoms with van der Waals surface area (Å²) in [5, 5.41) is 17.7. The lowest BCUT2D eigenvalue weighted by molar-refractivity contribution is -0.138. The largest absolute Gasteiger partial charge is 0.480 e. The van der Waals surface area contributed by atoms with Gasteiger partial charge in [-0.2, -0.15) is 5.26 Å². The Labute approximate surface area is 105 Å². The fourth-order valence-electron chi connectivity index (χ4n) is 1.76. The number of nitriles is 1. The van der Waals surface area contributed by atoms with Crippen LogP contribution in [-0.4, -0.2) is 29.1 Å². The molecule has 0 atom stereocenters. The summed E-state index contributed by atoms with van der Waals surface area (Å²) in [4.78, 5) is 12.4. The first-order chi connectivity index (χ1) is 8.56. The fraction of sp³-hybridized carbons (Fsp3) is 0.385. The number of nitrogens with zero attached hydrogens (tertiary/aromatic N) is 2. The number of benzene rings is 1. The fourth-order valence-corrected chi connectivity index (χ4v) is 1.76. The number of carboxylic acid groups (broad SMARTS) is 1. The lowest BCUT2D eigenvalue weighted by Crippen LogP contribution is -2.30. The highest BCUT2D eigenvalue weighted by molar-refractivity contribution is 5.69. The topological polar surface area (TPSA) is 64.3 Å². The van der Waals surface area contributed by atoms with Crippen molar-refractivity contribution in [1.29, 1.82) is 5.26 Å². The molecule has 0 aliphatic heterocycles. The summed E-state index contributed by atoms with van der Waals surface area (Å²) in [6, 6.07) is 5.90. The molecule has 0 aromatic heterocycles. The Morgan fingerprint density at radius 3 is 2.83 bits per heavy atom. The van der Waals surface area contributed by atoms with Crippen molar-refractivity contribution < 1.29 is 14.3 Å². The standard InChI is InChI=1S/C13H15FN2O2/c1-2-5-16(9-13(17)18)8-11-6-12(14)4-3-10(11)7-15/h3-4,6H,2,5,8-9H2,1H3,(H,17,18). The van der Waals surface area contributed by atoms with E-state index in [4.69, 9.17) is 10.4 Å². The molecule has 1 N–H and O–H groups in total. The van der Waals surface area contributed by atoms with Crippen LogP contribution < -0.4 is 0 Å². The Balaban J connectivity index is 2.89. The van der Waals surface area contributed by atoms with Crippen LogP contribution >= 0.6 is 0 Å². The third kappa shape index (κ3) is 4.15. The number of aliphatic carboxylic acids is 1. The van der Waals surface area contributed by atoms with Crippen molar-refractivity contribution >= 4 is 5.97 Å². The monoisotopic (exact) mass is 250 g/mol. The zero-order chi connectivity index (χ0) is 13.5. The van der Waals surface area contributed by atoms with Gasteiger partial charge in [-0.3, -0.25) is 9.69 Å². The number of hydrogen-bond acceptors (Lipinski definition) is 3. The van der Waals surface area contributed by atoms with E-state index < -0.39 is 11.8 Å². The third-order valence-corrected chi connectivity index (χ3v) is 2.48. The summed E-state index contributed by atoms with van der Waals surface area (Å²) in [6.07, 6.45) is 0.796. The molecular formula is C13H15FN2O2. The number of rotatable bonds is 6. The van der Waals surface area contributed by atoms with Gasteiger partial charge in [0.1, 0.15) is 5.82 Å². The molecule has 1 aromatic rings. The van der Waals surface area contributed by atoms with Gasteiger partial charge in [0, 0.05) is 6.54 Å². The lowest BCUT2D eigenvalue weighted by Gasteiger charge is -2.20. The van der Waals surface area contributed by atoms with Crippen molar-refractivity contribution in [3.05, 3.63) is 35.1 Å². The van der Waals surface area contributed by atoms with Crippen LogP contribution in [0.5, 0.6) is 0 Å². The second kappa shape index (κ2) is 6.72. The second-order valence-corrected chi connectivity index (χ2v) is 4.02. The SMILES string of the molecule is CCCN(CC(=O)O)Cc1cc(F)ccc1C#N. The van der Waals surface area contributed by atoms with Gasteiger partial charge in [0.25, 0.3) is 0 Å². The molecule has 5 heteroatoms. The van der Waals surface area contributed by atoms with Gasteiger partial charge in [-0.05, 0) is 36.7 Å². The Hall–Kier alpha value is -1.93. The van der Waals surface area contributed by atoms with Crippen molar-refractivity contribution in [2.24, 2.45) is 0 Å². The first kappa shape index (κ1) is 14.1. The average Bonchev–Trinajstić information content (AvgIpc) is 2.28. The molecule has 0 saturated carbocycles. The summed E-state index contributed by atoms with van der Waals surface area (Å²) < 4.78 is 13.1. The molecule has 0 unspecified atom stereocenters. The highest BCUT2D eigenvalue weighted by Crippen LogP contribution is 2.13. The van der Waals surface area contributed by atoms with Crippen molar-refractivity contribution in [3.63, 3.8) is 0 Å². The normalized spacial score (nSPS) is 10.3. The molecule has 0 aliphatic rings. The van der Waals surface area contributed by atoms with Crippen molar-refractivity contribution in [2.45, 2.75) is 19.9 Å². The zero-order valence-corrected chi connectivity index (χ0v) is 10.2. The van der Waals surface area contributed by atoms with E-state index in [2.05, 4.69) is 0 Å². The summed E-state index contributed by atoms with van der Waals surface area (Å²) in [5.41, 5.74) is 0.898. The Kier molecular flexibility index (Phi) is 5.28. The van der Waals surface area contributed by atoms with Gasteiger partial charge in [-0.15, -0.1) is 0 Å². The minimum Gasteiger partial charge on any atom is -0.480 e. The number of halogens is 1. The van der Waals surface area contributed by atoms with E-state index >= 15 is 0 Å². The van der Waals surface area contributed by atoms with E-state index in [1.54, 1.807) is 4.90 Å². The third-order valence-electron chi connectivity index (χ3n) is 2.48. The summed E-state index contributed by atoms with van der Waals surface area (Å²) in [5.74, 6) is -1.35. The van der Waals surface area contributed by atoms with Crippen LogP contribution in [0.25, 0.3) is 0 Å². The highest BCUT2D eigenvalue weighted by atomic mass is 19.1. The molecule has 4 nitrogen and oxygen atoms in total. The predicted octanol–water partition coefficient (Wildman–Crippen LogP) is 1.99. The molecule has 0 fully saturated rings. The molecule has 0 aliphatic carbocycles. The minimum absolute atomic E-state index is 0.116. The van der Waals surface area contributed by atoms with E-state index in [1.807, 2.05) is 13.0 Å². The van der Waals surface area contributed by atoms with Crippen LogP contribution in [0.2, 0.25) is 0 Å². The lowest BCUT2D eigenvalue weighted by atomic mass is 10.1. The summed E-state index contributed by atoms with van der Waals surface area (Å²) in [7, 11) is 0. The number of hydrogen-bond donors (Lipinski definition) is 1. The van der Waals surface area contributed by atoms with Crippen molar-refractivity contribution in [2.75, 3.05) is 13.1 Å². The Morgan fingerprint density at radius 1 is 1.56 bits per heavy atom. The first-order valence-corrected chi connectivity index (χ1v) is 5.69. The van der Waals surface area contributed by atoms with Gasteiger partial charge in [0.15, 0.2) is 0 Å². The van der Waals surface area contributed by atoms with Crippen molar-refractivity contribution in [1.82, 2.24) is 4.90 Å². The van der Waals surface area contributed by atoms with Crippen LogP contribution in [0.1, 0.15) is 24.5 Å². The summed E-state index contributed by atoms with van der Waals surface area (Å²) in [6.45, 7) is 2.68. The number of carboxylic acids is 1. The molecule has 0 amide bonds. The van der Waals surface area contributed by atoms with Crippen LogP contribution in [0.3, 0.4) is 0 Å². The molecule has 0 bridgehead atoms. The maximum absolute atomic E-state index is 13.1. The van der Waals surface area contributed by atoms with Gasteiger partial charge in [0.05, 0.1) is 18.2 Å². The maximum atomic E-state index is 13.1. The van der Waals surface area contributed by atoms with Gasteiger partial charge in [-0.1, -0.05) is 6.92 Å². The van der Waals surface area contributed by atoms with Gasteiger partial charge in [0.2, 0.25) is 0 Å². The molecule has 96 valence electrons. The highest BCUT2D eigenvalue weighted by Gasteiger charge is 2.12. The Bertz CT molecular complexity index is 469. The molecule has 1 aromatic carbocycles. The van der Waals surface area contributed by atoms with E-state index in [9.17, 15) is 9.18 Å². The average molecular weight is 250 g/mol. The molecule has 1 rings (SSSR count).